The summed E-state index contributed by atoms with van der Waals surface area (Å²) in [6.45, 7) is 8.91. The lowest BCUT2D eigenvalue weighted by Crippen LogP contribution is -2.37. The summed E-state index contributed by atoms with van der Waals surface area (Å²) in [5, 5.41) is 15.3. The van der Waals surface area contributed by atoms with Gasteiger partial charge in [-0.05, 0) is 63.3 Å². The zero-order valence-electron chi connectivity index (χ0n) is 21.3. The second-order valence-corrected chi connectivity index (χ2v) is 9.95. The lowest BCUT2D eigenvalue weighted by molar-refractivity contribution is 0.00712. The Balaban J connectivity index is 2.34. The van der Waals surface area contributed by atoms with Crippen LogP contribution in [0.25, 0.3) is 0 Å². The minimum absolute atomic E-state index is 0.0289. The van der Waals surface area contributed by atoms with Crippen LogP contribution in [0.3, 0.4) is 0 Å². The number of piperidine rings is 1. The van der Waals surface area contributed by atoms with Gasteiger partial charge in [0, 0.05) is 27.2 Å². The van der Waals surface area contributed by atoms with E-state index in [1.54, 1.807) is 32.4 Å². The molecule has 35 heavy (non-hydrogen) atoms. The van der Waals surface area contributed by atoms with Gasteiger partial charge in [0.05, 0.1) is 23.9 Å². The quantitative estimate of drug-likeness (QED) is 0.599. The molecule has 1 saturated heterocycles. The van der Waals surface area contributed by atoms with E-state index in [4.69, 9.17) is 4.74 Å². The number of amides is 1. The number of anilines is 2. The van der Waals surface area contributed by atoms with Gasteiger partial charge in [0.2, 0.25) is 0 Å². The Morgan fingerprint density at radius 3 is 2.57 bits per heavy atom. The van der Waals surface area contributed by atoms with Gasteiger partial charge in [-0.1, -0.05) is 6.92 Å². The van der Waals surface area contributed by atoms with E-state index < -0.39 is 23.3 Å². The monoisotopic (exact) mass is 483 g/mol. The van der Waals surface area contributed by atoms with Crippen molar-refractivity contribution in [2.75, 3.05) is 37.4 Å². The highest BCUT2D eigenvalue weighted by molar-refractivity contribution is 6.10. The van der Waals surface area contributed by atoms with Crippen LogP contribution < -0.4 is 15.5 Å². The molecule has 1 amide bonds. The Labute approximate surface area is 206 Å². The van der Waals surface area contributed by atoms with Crippen LogP contribution in [0.2, 0.25) is 0 Å². The molecule has 0 bridgehead atoms. The van der Waals surface area contributed by atoms with Crippen molar-refractivity contribution in [2.24, 2.45) is 5.92 Å². The van der Waals surface area contributed by atoms with Gasteiger partial charge in [-0.15, -0.1) is 0 Å². The first-order valence-electron chi connectivity index (χ1n) is 11.8. The second kappa shape index (κ2) is 10.4. The molecule has 1 atom stereocenters. The molecular formula is C26H34FN5O3. The second-order valence-electron chi connectivity index (χ2n) is 9.95. The third-order valence-electron chi connectivity index (χ3n) is 6.00. The van der Waals surface area contributed by atoms with E-state index in [9.17, 15) is 19.2 Å². The van der Waals surface area contributed by atoms with Crippen molar-refractivity contribution in [2.45, 2.75) is 52.7 Å². The van der Waals surface area contributed by atoms with E-state index in [0.717, 1.165) is 12.8 Å². The molecule has 2 aromatic rings. The van der Waals surface area contributed by atoms with Crippen LogP contribution in [0.5, 0.6) is 0 Å². The van der Waals surface area contributed by atoms with Crippen LogP contribution >= 0.6 is 0 Å². The fourth-order valence-corrected chi connectivity index (χ4v) is 4.56. The average molecular weight is 484 g/mol. The first-order valence-corrected chi connectivity index (χ1v) is 11.8. The van der Waals surface area contributed by atoms with Gasteiger partial charge in [0.1, 0.15) is 28.5 Å². The van der Waals surface area contributed by atoms with Crippen molar-refractivity contribution < 1.29 is 18.7 Å². The minimum Gasteiger partial charge on any atom is -0.456 e. The number of halogens is 1. The summed E-state index contributed by atoms with van der Waals surface area (Å²) in [6, 6.07) is 6.04. The third kappa shape index (κ3) is 5.59. The Morgan fingerprint density at radius 2 is 2.00 bits per heavy atom. The van der Waals surface area contributed by atoms with Gasteiger partial charge in [-0.25, -0.2) is 9.18 Å². The van der Waals surface area contributed by atoms with Crippen molar-refractivity contribution in [3.63, 3.8) is 0 Å². The average Bonchev–Trinajstić information content (AvgIpc) is 3.11. The minimum atomic E-state index is -0.750. The maximum atomic E-state index is 14.2. The van der Waals surface area contributed by atoms with Crippen LogP contribution in [0.4, 0.5) is 15.9 Å². The molecule has 9 heteroatoms. The van der Waals surface area contributed by atoms with Gasteiger partial charge >= 0.3 is 5.97 Å². The number of rotatable bonds is 6. The number of hydrogen-bond donors (Lipinski definition) is 2. The molecular weight excluding hydrogens is 449 g/mol. The summed E-state index contributed by atoms with van der Waals surface area (Å²) >= 11 is 0. The standard InChI is InChI=1S/C26H34FN5O3/c1-16-8-7-11-31(14-16)24-20(25(34)35-26(2,3)4)21(29-5)22(23(33)30-6)32(24)15-18-12-19(27)10-9-17(18)13-28/h9-10,12,16,29H,7-8,11,14-15H2,1-6H3,(H,30,33)/t16-/m0/s1. The molecule has 0 spiro atoms. The lowest BCUT2D eigenvalue weighted by Gasteiger charge is -2.34. The van der Waals surface area contributed by atoms with Crippen LogP contribution in [-0.4, -0.2) is 49.2 Å². The highest BCUT2D eigenvalue weighted by atomic mass is 19.1. The zero-order chi connectivity index (χ0) is 25.9. The Morgan fingerprint density at radius 1 is 1.29 bits per heavy atom. The van der Waals surface area contributed by atoms with Crippen molar-refractivity contribution in [1.82, 2.24) is 9.88 Å². The maximum Gasteiger partial charge on any atom is 0.344 e. The number of aromatic nitrogens is 1. The normalized spacial score (nSPS) is 15.9. The molecule has 8 nitrogen and oxygen atoms in total. The molecule has 3 rings (SSSR count). The van der Waals surface area contributed by atoms with Crippen molar-refractivity contribution in [3.8, 4) is 6.07 Å². The third-order valence-corrected chi connectivity index (χ3v) is 6.00. The van der Waals surface area contributed by atoms with E-state index in [2.05, 4.69) is 28.5 Å². The van der Waals surface area contributed by atoms with Crippen molar-refractivity contribution in [3.05, 3.63) is 46.4 Å². The number of nitrogens with one attached hydrogen (secondary N) is 2. The molecule has 1 aromatic heterocycles. The summed E-state index contributed by atoms with van der Waals surface area (Å²) < 4.78 is 21.7. The Kier molecular flexibility index (Phi) is 7.73. The van der Waals surface area contributed by atoms with E-state index in [-0.39, 0.29) is 17.8 Å². The van der Waals surface area contributed by atoms with Crippen LogP contribution in [0, 0.1) is 23.1 Å². The van der Waals surface area contributed by atoms with Crippen molar-refractivity contribution >= 4 is 23.4 Å². The number of nitrogens with zero attached hydrogens (tertiary/aromatic N) is 3. The molecule has 2 heterocycles. The summed E-state index contributed by atoms with van der Waals surface area (Å²) in [4.78, 5) is 28.8. The van der Waals surface area contributed by atoms with E-state index in [1.165, 1.54) is 25.2 Å². The molecule has 1 aliphatic heterocycles. The summed E-state index contributed by atoms with van der Waals surface area (Å²) in [6.07, 6.45) is 1.98. The summed E-state index contributed by atoms with van der Waals surface area (Å²) in [5.41, 5.74) is 0.771. The number of hydrogen-bond acceptors (Lipinski definition) is 6. The molecule has 2 N–H and O–H groups in total. The Hall–Kier alpha value is -3.54. The van der Waals surface area contributed by atoms with Gasteiger partial charge in [0.25, 0.3) is 5.91 Å². The number of esters is 1. The first-order chi connectivity index (χ1) is 16.5. The highest BCUT2D eigenvalue weighted by Crippen LogP contribution is 2.39. The number of carbonyl (C=O) groups is 2. The molecule has 0 radical (unpaired) electrons. The van der Waals surface area contributed by atoms with Gasteiger partial charge in [-0.3, -0.25) is 4.79 Å². The molecule has 0 aliphatic carbocycles. The number of benzene rings is 1. The van der Waals surface area contributed by atoms with Crippen molar-refractivity contribution in [1.29, 1.82) is 5.26 Å². The molecule has 188 valence electrons. The summed E-state index contributed by atoms with van der Waals surface area (Å²) in [7, 11) is 3.16. The molecule has 1 fully saturated rings. The van der Waals surface area contributed by atoms with Crippen LogP contribution in [-0.2, 0) is 11.3 Å². The summed E-state index contributed by atoms with van der Waals surface area (Å²) in [5.74, 6) is -0.545. The van der Waals surface area contributed by atoms with E-state index in [0.29, 0.717) is 41.6 Å². The predicted octanol–water partition coefficient (Wildman–Crippen LogP) is 4.14. The SMILES string of the molecule is CNC(=O)c1c(NC)c(C(=O)OC(C)(C)C)c(N2CCC[C@H](C)C2)n1Cc1cc(F)ccc1C#N. The van der Waals surface area contributed by atoms with E-state index in [1.807, 2.05) is 0 Å². The fourth-order valence-electron chi connectivity index (χ4n) is 4.56. The van der Waals surface area contributed by atoms with E-state index >= 15 is 0 Å². The molecule has 0 saturated carbocycles. The molecule has 1 aliphatic rings. The smallest absolute Gasteiger partial charge is 0.344 e. The highest BCUT2D eigenvalue weighted by Gasteiger charge is 2.36. The van der Waals surface area contributed by atoms with Crippen LogP contribution in [0.15, 0.2) is 18.2 Å². The predicted molar refractivity (Wildman–Crippen MR) is 133 cm³/mol. The number of nitriles is 1. The first kappa shape index (κ1) is 26.1. The zero-order valence-corrected chi connectivity index (χ0v) is 21.3. The van der Waals surface area contributed by atoms with Gasteiger partial charge in [-0.2, -0.15) is 5.26 Å². The lowest BCUT2D eigenvalue weighted by atomic mass is 10.00. The fraction of sp³-hybridized carbons (Fsp3) is 0.500. The van der Waals surface area contributed by atoms with Gasteiger partial charge < -0.3 is 24.8 Å². The molecule has 1 aromatic carbocycles. The van der Waals surface area contributed by atoms with Gasteiger partial charge in [0.15, 0.2) is 0 Å². The largest absolute Gasteiger partial charge is 0.456 e. The van der Waals surface area contributed by atoms with Crippen LogP contribution in [0.1, 0.15) is 72.5 Å². The Bertz CT molecular complexity index is 1160. The maximum absolute atomic E-state index is 14.2. The number of ether oxygens (including phenoxy) is 1. The number of carbonyl (C=O) groups excluding carboxylic acids is 2. The topological polar surface area (TPSA) is 99.4 Å². The molecule has 0 unspecified atom stereocenters.